The molecule has 0 spiro atoms. The molecule has 1 saturated heterocycles. The molecule has 1 aromatic carbocycles. The zero-order valence-corrected chi connectivity index (χ0v) is 11.0. The lowest BCUT2D eigenvalue weighted by molar-refractivity contribution is -0.114. The van der Waals surface area contributed by atoms with Gasteiger partial charge in [0.2, 0.25) is 0 Å². The summed E-state index contributed by atoms with van der Waals surface area (Å²) in [5, 5.41) is 0. The molecule has 0 aromatic heterocycles. The number of hydrogen-bond acceptors (Lipinski definition) is 4. The van der Waals surface area contributed by atoms with Crippen LogP contribution in [0.3, 0.4) is 0 Å². The second-order valence-corrected chi connectivity index (χ2v) is 5.02. The lowest BCUT2D eigenvalue weighted by Crippen LogP contribution is -2.41. The number of ketones is 1. The zero-order valence-electron chi connectivity index (χ0n) is 11.0. The molecule has 0 saturated carbocycles. The summed E-state index contributed by atoms with van der Waals surface area (Å²) in [6, 6.07) is 5.56. The van der Waals surface area contributed by atoms with Crippen molar-refractivity contribution in [1.29, 1.82) is 0 Å². The molecule has 5 nitrogen and oxygen atoms in total. The van der Waals surface area contributed by atoms with Crippen LogP contribution in [0.1, 0.15) is 17.3 Å². The second kappa shape index (κ2) is 4.35. The maximum Gasteiger partial charge on any atom is 0.299 e. The van der Waals surface area contributed by atoms with Crippen molar-refractivity contribution in [1.82, 2.24) is 0 Å². The Hall–Kier alpha value is -1.88. The standard InChI is InChI=1S/C14H16N2O3/c1-9-8-16(5-6-19-9)10-3-4-11-12(7-10)15(2)14(18)13(11)17/h3-4,7,9H,5-6,8H2,1-2H3. The van der Waals surface area contributed by atoms with E-state index in [1.165, 1.54) is 4.90 Å². The van der Waals surface area contributed by atoms with Gasteiger partial charge in [-0.3, -0.25) is 9.59 Å². The van der Waals surface area contributed by atoms with Crippen LogP contribution in [0.2, 0.25) is 0 Å². The third-order valence-corrected chi connectivity index (χ3v) is 3.69. The van der Waals surface area contributed by atoms with Gasteiger partial charge in [-0.1, -0.05) is 0 Å². The van der Waals surface area contributed by atoms with E-state index < -0.39 is 11.7 Å². The van der Waals surface area contributed by atoms with Gasteiger partial charge in [-0.05, 0) is 25.1 Å². The molecule has 2 aliphatic rings. The Morgan fingerprint density at radius 1 is 1.32 bits per heavy atom. The molecule has 0 N–H and O–H groups in total. The minimum atomic E-state index is -0.456. The van der Waals surface area contributed by atoms with Crippen molar-refractivity contribution in [3.05, 3.63) is 23.8 Å². The van der Waals surface area contributed by atoms with Gasteiger partial charge in [0.25, 0.3) is 11.7 Å². The van der Waals surface area contributed by atoms with Crippen LogP contribution < -0.4 is 9.80 Å². The summed E-state index contributed by atoms with van der Waals surface area (Å²) in [7, 11) is 1.64. The van der Waals surface area contributed by atoms with E-state index in [9.17, 15) is 9.59 Å². The number of amides is 1. The fourth-order valence-electron chi connectivity index (χ4n) is 2.62. The number of nitrogens with zero attached hydrogens (tertiary/aromatic N) is 2. The Labute approximate surface area is 111 Å². The second-order valence-electron chi connectivity index (χ2n) is 5.02. The maximum absolute atomic E-state index is 11.7. The van der Waals surface area contributed by atoms with Crippen LogP contribution in [0, 0.1) is 0 Å². The van der Waals surface area contributed by atoms with Gasteiger partial charge in [-0.25, -0.2) is 0 Å². The first-order chi connectivity index (χ1) is 9.08. The van der Waals surface area contributed by atoms with E-state index in [1.54, 1.807) is 13.1 Å². The van der Waals surface area contributed by atoms with Gasteiger partial charge >= 0.3 is 0 Å². The van der Waals surface area contributed by atoms with Crippen molar-refractivity contribution in [2.24, 2.45) is 0 Å². The number of carbonyl (C=O) groups is 2. The Balaban J connectivity index is 1.94. The number of rotatable bonds is 1. The number of ether oxygens (including phenoxy) is 1. The Morgan fingerprint density at radius 2 is 2.11 bits per heavy atom. The normalized spacial score (nSPS) is 22.9. The third kappa shape index (κ3) is 1.90. The summed E-state index contributed by atoms with van der Waals surface area (Å²) >= 11 is 0. The topological polar surface area (TPSA) is 49.9 Å². The monoisotopic (exact) mass is 260 g/mol. The highest BCUT2D eigenvalue weighted by atomic mass is 16.5. The van der Waals surface area contributed by atoms with Crippen molar-refractivity contribution in [3.63, 3.8) is 0 Å². The van der Waals surface area contributed by atoms with E-state index in [0.29, 0.717) is 17.9 Å². The highest BCUT2D eigenvalue weighted by Crippen LogP contribution is 2.32. The highest BCUT2D eigenvalue weighted by Gasteiger charge is 2.33. The SMILES string of the molecule is CC1CN(c2ccc3c(c2)N(C)C(=O)C3=O)CCO1. The largest absolute Gasteiger partial charge is 0.375 e. The molecule has 0 radical (unpaired) electrons. The average Bonchev–Trinajstić information content (AvgIpc) is 2.64. The summed E-state index contributed by atoms with van der Waals surface area (Å²) in [6.07, 6.45) is 0.197. The van der Waals surface area contributed by atoms with Gasteiger partial charge in [-0.15, -0.1) is 0 Å². The number of morpholine rings is 1. The zero-order chi connectivity index (χ0) is 13.6. The van der Waals surface area contributed by atoms with E-state index in [0.717, 1.165) is 18.8 Å². The summed E-state index contributed by atoms with van der Waals surface area (Å²) < 4.78 is 5.52. The number of benzene rings is 1. The Morgan fingerprint density at radius 3 is 2.84 bits per heavy atom. The Kier molecular flexibility index (Phi) is 2.78. The molecule has 100 valence electrons. The third-order valence-electron chi connectivity index (χ3n) is 3.69. The number of likely N-dealkylation sites (N-methyl/N-ethyl adjacent to an activating group) is 1. The van der Waals surface area contributed by atoms with Gasteiger partial charge < -0.3 is 14.5 Å². The van der Waals surface area contributed by atoms with Crippen LogP contribution in [-0.2, 0) is 9.53 Å². The molecule has 5 heteroatoms. The van der Waals surface area contributed by atoms with E-state index in [-0.39, 0.29) is 6.10 Å². The lowest BCUT2D eigenvalue weighted by atomic mass is 10.1. The van der Waals surface area contributed by atoms with Gasteiger partial charge in [0.15, 0.2) is 0 Å². The Bertz CT molecular complexity index is 556. The fraction of sp³-hybridized carbons (Fsp3) is 0.429. The minimum absolute atomic E-state index is 0.197. The fourth-order valence-corrected chi connectivity index (χ4v) is 2.62. The molecule has 1 atom stereocenters. The van der Waals surface area contributed by atoms with E-state index in [2.05, 4.69) is 4.90 Å². The van der Waals surface area contributed by atoms with Gasteiger partial charge in [0, 0.05) is 25.8 Å². The van der Waals surface area contributed by atoms with E-state index in [1.807, 2.05) is 19.1 Å². The smallest absolute Gasteiger partial charge is 0.299 e. The summed E-state index contributed by atoms with van der Waals surface area (Å²) in [4.78, 5) is 27.0. The van der Waals surface area contributed by atoms with Crippen molar-refractivity contribution in [3.8, 4) is 0 Å². The van der Waals surface area contributed by atoms with E-state index >= 15 is 0 Å². The summed E-state index contributed by atoms with van der Waals surface area (Å²) in [5.74, 6) is -0.873. The quantitative estimate of drug-likeness (QED) is 0.709. The van der Waals surface area contributed by atoms with Crippen molar-refractivity contribution in [2.45, 2.75) is 13.0 Å². The summed E-state index contributed by atoms with van der Waals surface area (Å²) in [6.45, 7) is 4.39. The average molecular weight is 260 g/mol. The lowest BCUT2D eigenvalue weighted by Gasteiger charge is -2.33. The number of Topliss-reactive ketones (excluding diaryl/α,β-unsaturated/α-hetero) is 1. The highest BCUT2D eigenvalue weighted by molar-refractivity contribution is 6.52. The first-order valence-electron chi connectivity index (χ1n) is 6.41. The van der Waals surface area contributed by atoms with Gasteiger partial charge in [-0.2, -0.15) is 0 Å². The molecule has 2 aliphatic heterocycles. The van der Waals surface area contributed by atoms with E-state index in [4.69, 9.17) is 4.74 Å². The molecule has 3 rings (SSSR count). The van der Waals surface area contributed by atoms with Crippen LogP contribution >= 0.6 is 0 Å². The maximum atomic E-state index is 11.7. The molecule has 2 heterocycles. The van der Waals surface area contributed by atoms with Crippen molar-refractivity contribution < 1.29 is 14.3 Å². The predicted molar refractivity (Wildman–Crippen MR) is 71.8 cm³/mol. The predicted octanol–water partition coefficient (Wildman–Crippen LogP) is 1.07. The van der Waals surface area contributed by atoms with Crippen LogP contribution in [-0.4, -0.2) is 44.5 Å². The molecule has 1 amide bonds. The van der Waals surface area contributed by atoms with Crippen molar-refractivity contribution >= 4 is 23.1 Å². The van der Waals surface area contributed by atoms with Crippen LogP contribution in [0.25, 0.3) is 0 Å². The molecular weight excluding hydrogens is 244 g/mol. The summed E-state index contributed by atoms with van der Waals surface area (Å²) in [5.41, 5.74) is 2.23. The first-order valence-corrected chi connectivity index (χ1v) is 6.41. The van der Waals surface area contributed by atoms with Crippen molar-refractivity contribution in [2.75, 3.05) is 36.5 Å². The molecule has 1 fully saturated rings. The molecule has 19 heavy (non-hydrogen) atoms. The number of carbonyl (C=O) groups excluding carboxylic acids is 2. The number of anilines is 2. The number of hydrogen-bond donors (Lipinski definition) is 0. The minimum Gasteiger partial charge on any atom is -0.375 e. The molecule has 0 aliphatic carbocycles. The number of fused-ring (bicyclic) bond motifs is 1. The molecule has 1 unspecified atom stereocenters. The van der Waals surface area contributed by atoms with Crippen LogP contribution in [0.5, 0.6) is 0 Å². The van der Waals surface area contributed by atoms with Crippen LogP contribution in [0.15, 0.2) is 18.2 Å². The molecule has 0 bridgehead atoms. The molecule has 1 aromatic rings. The molecular formula is C14H16N2O3. The first kappa shape index (κ1) is 12.2. The van der Waals surface area contributed by atoms with Gasteiger partial charge in [0.05, 0.1) is 24.0 Å². The van der Waals surface area contributed by atoms with Crippen LogP contribution in [0.4, 0.5) is 11.4 Å². The van der Waals surface area contributed by atoms with Gasteiger partial charge in [0.1, 0.15) is 0 Å².